The number of hydrogen-bond donors (Lipinski definition) is 1. The van der Waals surface area contributed by atoms with Gasteiger partial charge in [0.2, 0.25) is 0 Å². The number of nitrogens with zero attached hydrogens (tertiary/aromatic N) is 1. The van der Waals surface area contributed by atoms with Crippen LogP contribution in [0.1, 0.15) is 33.6 Å². The third kappa shape index (κ3) is 4.34. The fraction of sp³-hybridized carbons (Fsp3) is 0.350. The first-order chi connectivity index (χ1) is 11.8. The molecule has 2 aromatic rings. The number of nitrogens with one attached hydrogen (secondary N) is 1. The second-order valence-electron chi connectivity index (χ2n) is 6.25. The number of thiophene rings is 1. The van der Waals surface area contributed by atoms with Crippen LogP contribution < -0.4 is 5.32 Å². The van der Waals surface area contributed by atoms with Crippen LogP contribution in [0.4, 0.5) is 0 Å². The monoisotopic (exact) mass is 340 g/mol. The summed E-state index contributed by atoms with van der Waals surface area (Å²) in [5.41, 5.74) is 1.90. The summed E-state index contributed by atoms with van der Waals surface area (Å²) in [6.45, 7) is 6.77. The van der Waals surface area contributed by atoms with E-state index in [1.807, 2.05) is 24.3 Å². The largest absolute Gasteiger partial charge is 0.349 e. The standard InChI is InChI=1S/C20H24N2OS/c1-2-11-22-12-9-17(10-13-22)21-20(23)19-8-4-3-6-16(19)15-18-7-5-14-24-18/h2-8,14,17H,1,9-13,15H2,(H,21,23). The zero-order valence-electron chi connectivity index (χ0n) is 13.9. The molecule has 2 heterocycles. The van der Waals surface area contributed by atoms with Gasteiger partial charge >= 0.3 is 0 Å². The number of piperidine rings is 1. The lowest BCUT2D eigenvalue weighted by molar-refractivity contribution is 0.0913. The van der Waals surface area contributed by atoms with Crippen molar-refractivity contribution in [3.05, 3.63) is 70.4 Å². The summed E-state index contributed by atoms with van der Waals surface area (Å²) in [7, 11) is 0. The van der Waals surface area contributed by atoms with Crippen LogP contribution in [0.15, 0.2) is 54.4 Å². The Morgan fingerprint density at radius 1 is 1.25 bits per heavy atom. The summed E-state index contributed by atoms with van der Waals surface area (Å²) in [6.07, 6.45) is 4.78. The molecule has 1 aliphatic rings. The van der Waals surface area contributed by atoms with E-state index in [2.05, 4.69) is 40.4 Å². The molecule has 0 saturated carbocycles. The third-order valence-electron chi connectivity index (χ3n) is 4.52. The molecule has 126 valence electrons. The molecule has 0 atom stereocenters. The van der Waals surface area contributed by atoms with Crippen LogP contribution in [0.2, 0.25) is 0 Å². The minimum absolute atomic E-state index is 0.0596. The molecule has 3 rings (SSSR count). The highest BCUT2D eigenvalue weighted by molar-refractivity contribution is 7.09. The van der Waals surface area contributed by atoms with Crippen molar-refractivity contribution in [2.45, 2.75) is 25.3 Å². The van der Waals surface area contributed by atoms with Gasteiger partial charge in [-0.15, -0.1) is 17.9 Å². The molecule has 1 fully saturated rings. The van der Waals surface area contributed by atoms with Crippen LogP contribution in [0.3, 0.4) is 0 Å². The van der Waals surface area contributed by atoms with Crippen molar-refractivity contribution in [1.82, 2.24) is 10.2 Å². The van der Waals surface area contributed by atoms with Crippen molar-refractivity contribution < 1.29 is 4.79 Å². The number of hydrogen-bond acceptors (Lipinski definition) is 3. The molecule has 0 radical (unpaired) electrons. The van der Waals surface area contributed by atoms with Crippen molar-refractivity contribution in [3.8, 4) is 0 Å². The van der Waals surface area contributed by atoms with E-state index in [1.165, 1.54) is 4.88 Å². The smallest absolute Gasteiger partial charge is 0.251 e. The molecule has 0 spiro atoms. The number of amides is 1. The summed E-state index contributed by atoms with van der Waals surface area (Å²) < 4.78 is 0. The molecule has 1 aromatic carbocycles. The summed E-state index contributed by atoms with van der Waals surface area (Å²) in [5.74, 6) is 0.0596. The SMILES string of the molecule is C=CCN1CCC(NC(=O)c2ccccc2Cc2cccs2)CC1. The Hall–Kier alpha value is -1.91. The highest BCUT2D eigenvalue weighted by atomic mass is 32.1. The molecule has 0 aliphatic carbocycles. The lowest BCUT2D eigenvalue weighted by Gasteiger charge is -2.31. The highest BCUT2D eigenvalue weighted by Crippen LogP contribution is 2.19. The fourth-order valence-corrected chi connectivity index (χ4v) is 3.93. The van der Waals surface area contributed by atoms with Gasteiger partial charge in [0, 0.05) is 42.5 Å². The van der Waals surface area contributed by atoms with Gasteiger partial charge in [0.1, 0.15) is 0 Å². The van der Waals surface area contributed by atoms with Gasteiger partial charge in [-0.05, 0) is 35.9 Å². The minimum atomic E-state index is 0.0596. The minimum Gasteiger partial charge on any atom is -0.349 e. The van der Waals surface area contributed by atoms with E-state index in [4.69, 9.17) is 0 Å². The van der Waals surface area contributed by atoms with Gasteiger partial charge in [0.15, 0.2) is 0 Å². The maximum absolute atomic E-state index is 12.7. The second kappa shape index (κ2) is 8.27. The van der Waals surface area contributed by atoms with Crippen molar-refractivity contribution >= 4 is 17.2 Å². The fourth-order valence-electron chi connectivity index (χ4n) is 3.20. The van der Waals surface area contributed by atoms with Crippen LogP contribution in [-0.2, 0) is 6.42 Å². The Kier molecular flexibility index (Phi) is 5.83. The van der Waals surface area contributed by atoms with E-state index in [9.17, 15) is 4.79 Å². The van der Waals surface area contributed by atoms with Crippen molar-refractivity contribution in [1.29, 1.82) is 0 Å². The third-order valence-corrected chi connectivity index (χ3v) is 5.39. The molecular formula is C20H24N2OS. The molecular weight excluding hydrogens is 316 g/mol. The van der Waals surface area contributed by atoms with Gasteiger partial charge in [-0.25, -0.2) is 0 Å². The average molecular weight is 340 g/mol. The first-order valence-electron chi connectivity index (χ1n) is 8.50. The van der Waals surface area contributed by atoms with Gasteiger partial charge in [-0.3, -0.25) is 9.69 Å². The summed E-state index contributed by atoms with van der Waals surface area (Å²) in [5, 5.41) is 5.31. The molecule has 4 heteroatoms. The quantitative estimate of drug-likeness (QED) is 0.813. The van der Waals surface area contributed by atoms with Crippen molar-refractivity contribution in [3.63, 3.8) is 0 Å². The van der Waals surface area contributed by atoms with Crippen molar-refractivity contribution in [2.75, 3.05) is 19.6 Å². The van der Waals surface area contributed by atoms with E-state index in [1.54, 1.807) is 11.3 Å². The van der Waals surface area contributed by atoms with E-state index in [0.717, 1.165) is 50.0 Å². The maximum Gasteiger partial charge on any atom is 0.251 e. The number of carbonyl (C=O) groups excluding carboxylic acids is 1. The number of rotatable bonds is 6. The van der Waals surface area contributed by atoms with E-state index < -0.39 is 0 Å². The molecule has 1 N–H and O–H groups in total. The van der Waals surface area contributed by atoms with Crippen molar-refractivity contribution in [2.24, 2.45) is 0 Å². The van der Waals surface area contributed by atoms with Gasteiger partial charge in [0.05, 0.1) is 0 Å². The van der Waals surface area contributed by atoms with Gasteiger partial charge < -0.3 is 5.32 Å². The molecule has 1 aliphatic heterocycles. The predicted octanol–water partition coefficient (Wildman–Crippen LogP) is 3.72. The highest BCUT2D eigenvalue weighted by Gasteiger charge is 2.21. The van der Waals surface area contributed by atoms with Gasteiger partial charge in [-0.2, -0.15) is 0 Å². The normalized spacial score (nSPS) is 16.0. The molecule has 1 aromatic heterocycles. The Morgan fingerprint density at radius 3 is 2.75 bits per heavy atom. The van der Waals surface area contributed by atoms with Crippen LogP contribution >= 0.6 is 11.3 Å². The topological polar surface area (TPSA) is 32.3 Å². The zero-order valence-corrected chi connectivity index (χ0v) is 14.7. The lowest BCUT2D eigenvalue weighted by atomic mass is 10.0. The van der Waals surface area contributed by atoms with Gasteiger partial charge in [0.25, 0.3) is 5.91 Å². The molecule has 3 nitrogen and oxygen atoms in total. The van der Waals surface area contributed by atoms with Crippen LogP contribution in [0.25, 0.3) is 0 Å². The molecule has 24 heavy (non-hydrogen) atoms. The van der Waals surface area contributed by atoms with Crippen LogP contribution in [0.5, 0.6) is 0 Å². The lowest BCUT2D eigenvalue weighted by Crippen LogP contribution is -2.44. The van der Waals surface area contributed by atoms with Crippen LogP contribution in [-0.4, -0.2) is 36.5 Å². The first-order valence-corrected chi connectivity index (χ1v) is 9.38. The Balaban J connectivity index is 1.62. The molecule has 1 amide bonds. The number of benzene rings is 1. The average Bonchev–Trinajstić information content (AvgIpc) is 3.10. The Labute approximate surface area is 148 Å². The van der Waals surface area contributed by atoms with Crippen LogP contribution in [0, 0.1) is 0 Å². The zero-order chi connectivity index (χ0) is 16.8. The Bertz CT molecular complexity index is 673. The van der Waals surface area contributed by atoms with E-state index >= 15 is 0 Å². The van der Waals surface area contributed by atoms with E-state index in [0.29, 0.717) is 0 Å². The van der Waals surface area contributed by atoms with Gasteiger partial charge in [-0.1, -0.05) is 30.3 Å². The number of carbonyl (C=O) groups is 1. The summed E-state index contributed by atoms with van der Waals surface area (Å²) in [4.78, 5) is 16.4. The molecule has 1 saturated heterocycles. The first kappa shape index (κ1) is 16.9. The van der Waals surface area contributed by atoms with E-state index in [-0.39, 0.29) is 11.9 Å². The summed E-state index contributed by atoms with van der Waals surface area (Å²) in [6, 6.07) is 12.4. The Morgan fingerprint density at radius 2 is 2.04 bits per heavy atom. The maximum atomic E-state index is 12.7. The summed E-state index contributed by atoms with van der Waals surface area (Å²) >= 11 is 1.73. The number of likely N-dealkylation sites (tertiary alicyclic amines) is 1. The second-order valence-corrected chi connectivity index (χ2v) is 7.28. The molecule has 0 unspecified atom stereocenters. The molecule has 0 bridgehead atoms. The predicted molar refractivity (Wildman–Crippen MR) is 101 cm³/mol.